The zero-order valence-corrected chi connectivity index (χ0v) is 18.6. The lowest BCUT2D eigenvalue weighted by Crippen LogP contribution is -2.01. The first-order chi connectivity index (χ1) is 13.5. The molecule has 0 amide bonds. The number of aromatic nitrogens is 2. The molecule has 0 aliphatic carbocycles. The van der Waals surface area contributed by atoms with Crippen molar-refractivity contribution in [1.29, 1.82) is 0 Å². The number of fused-ring (bicyclic) bond motifs is 1. The molecule has 0 fully saturated rings. The lowest BCUT2D eigenvalue weighted by Gasteiger charge is -2.12. The number of halogens is 1. The summed E-state index contributed by atoms with van der Waals surface area (Å²) < 4.78 is 5.98. The summed E-state index contributed by atoms with van der Waals surface area (Å²) in [7, 11) is 0. The van der Waals surface area contributed by atoms with E-state index in [4.69, 9.17) is 16.3 Å². The van der Waals surface area contributed by atoms with Crippen molar-refractivity contribution in [2.75, 3.05) is 6.61 Å². The Morgan fingerprint density at radius 3 is 2.46 bits per heavy atom. The number of rotatable bonds is 5. The third kappa shape index (κ3) is 5.49. The second kappa shape index (κ2) is 11.4. The first kappa shape index (κ1) is 23.5. The van der Waals surface area contributed by atoms with Crippen LogP contribution in [0.4, 0.5) is 0 Å². The van der Waals surface area contributed by atoms with Gasteiger partial charge in [0.15, 0.2) is 0 Å². The van der Waals surface area contributed by atoms with Crippen LogP contribution in [-0.2, 0) is 0 Å². The maximum atomic E-state index is 5.99. The molecule has 0 aliphatic heterocycles. The van der Waals surface area contributed by atoms with Gasteiger partial charge in [-0.25, -0.2) is 0 Å². The number of nitrogens with one attached hydrogen (secondary N) is 1. The number of hydrogen-bond acceptors (Lipinski definition) is 2. The van der Waals surface area contributed by atoms with Crippen LogP contribution in [0.1, 0.15) is 50.1 Å². The van der Waals surface area contributed by atoms with Crippen molar-refractivity contribution in [1.82, 2.24) is 9.97 Å². The van der Waals surface area contributed by atoms with Gasteiger partial charge in [-0.05, 0) is 48.8 Å². The van der Waals surface area contributed by atoms with Gasteiger partial charge in [-0.15, -0.1) is 0 Å². The summed E-state index contributed by atoms with van der Waals surface area (Å²) in [6, 6.07) is 5.87. The van der Waals surface area contributed by atoms with Gasteiger partial charge >= 0.3 is 0 Å². The van der Waals surface area contributed by atoms with Crippen molar-refractivity contribution in [3.05, 3.63) is 71.2 Å². The highest BCUT2D eigenvalue weighted by molar-refractivity contribution is 6.31. The molecule has 150 valence electrons. The summed E-state index contributed by atoms with van der Waals surface area (Å²) in [5.74, 6) is 0.801. The van der Waals surface area contributed by atoms with E-state index in [0.717, 1.165) is 44.6 Å². The fraction of sp³-hybridized carbons (Fsp3) is 0.292. The van der Waals surface area contributed by atoms with E-state index in [0.29, 0.717) is 11.6 Å². The molecule has 0 unspecified atom stereocenters. The maximum absolute atomic E-state index is 5.99. The van der Waals surface area contributed by atoms with Crippen LogP contribution in [0.25, 0.3) is 22.6 Å². The molecule has 3 aromatic rings. The van der Waals surface area contributed by atoms with E-state index in [-0.39, 0.29) is 0 Å². The predicted octanol–water partition coefficient (Wildman–Crippen LogP) is 7.62. The second-order valence-electron chi connectivity index (χ2n) is 5.80. The minimum absolute atomic E-state index is 0.412. The minimum atomic E-state index is 0.412. The van der Waals surface area contributed by atoms with Gasteiger partial charge in [-0.3, -0.25) is 4.98 Å². The van der Waals surface area contributed by atoms with E-state index in [1.54, 1.807) is 12.3 Å². The van der Waals surface area contributed by atoms with E-state index in [9.17, 15) is 0 Å². The lowest BCUT2D eigenvalue weighted by molar-refractivity contribution is 0.368. The molecule has 1 aromatic carbocycles. The third-order valence-corrected chi connectivity index (χ3v) is 4.32. The van der Waals surface area contributed by atoms with Gasteiger partial charge in [0, 0.05) is 35.1 Å². The van der Waals surface area contributed by atoms with E-state index in [1.165, 1.54) is 0 Å². The average molecular weight is 399 g/mol. The summed E-state index contributed by atoms with van der Waals surface area (Å²) in [4.78, 5) is 7.53. The van der Waals surface area contributed by atoms with Crippen LogP contribution in [0.2, 0.25) is 5.02 Å². The summed E-state index contributed by atoms with van der Waals surface area (Å²) in [6.45, 7) is 20.4. The number of nitrogens with zero attached hydrogens (tertiary/aromatic N) is 1. The minimum Gasteiger partial charge on any atom is -0.489 e. The van der Waals surface area contributed by atoms with Gasteiger partial charge < -0.3 is 9.72 Å². The Labute approximate surface area is 174 Å². The Bertz CT molecular complexity index is 941. The van der Waals surface area contributed by atoms with Crippen molar-refractivity contribution in [2.45, 2.75) is 41.5 Å². The maximum Gasteiger partial charge on any atom is 0.124 e. The molecular formula is C24H31ClN2O. The number of hydrogen-bond donors (Lipinski definition) is 1. The SMILES string of the molecule is C=Cc1[nH]cc(C(=C)COc2cc3ncc(Cl)cc3cc2C)c1C.CC.CC. The predicted molar refractivity (Wildman–Crippen MR) is 124 cm³/mol. The summed E-state index contributed by atoms with van der Waals surface area (Å²) in [5.41, 5.74) is 6.02. The number of ether oxygens (including phenoxy) is 1. The number of aromatic amines is 1. The van der Waals surface area contributed by atoms with Crippen LogP contribution >= 0.6 is 11.6 Å². The van der Waals surface area contributed by atoms with Crippen molar-refractivity contribution in [2.24, 2.45) is 0 Å². The quantitative estimate of drug-likeness (QED) is 0.479. The van der Waals surface area contributed by atoms with E-state index in [1.807, 2.05) is 65.9 Å². The zero-order chi connectivity index (χ0) is 21.3. The Balaban J connectivity index is 0.000000921. The molecule has 2 heterocycles. The first-order valence-electron chi connectivity index (χ1n) is 9.67. The standard InChI is InChI=1S/C20H19ClN2O.2C2H6/c1-5-18-14(4)17(10-23-18)13(3)11-24-20-8-19-15(6-12(20)2)7-16(21)9-22-19;2*1-2/h5-10,23H,1,3,11H2,2,4H3;2*1-2H3. The van der Waals surface area contributed by atoms with Crippen LogP contribution in [0.5, 0.6) is 5.75 Å². The van der Waals surface area contributed by atoms with Crippen molar-refractivity contribution >= 4 is 34.2 Å². The normalized spacial score (nSPS) is 9.68. The monoisotopic (exact) mass is 398 g/mol. The molecule has 28 heavy (non-hydrogen) atoms. The van der Waals surface area contributed by atoms with Crippen LogP contribution in [-0.4, -0.2) is 16.6 Å². The molecule has 3 nitrogen and oxygen atoms in total. The van der Waals surface area contributed by atoms with E-state index in [2.05, 4.69) is 23.1 Å². The van der Waals surface area contributed by atoms with E-state index >= 15 is 0 Å². The number of pyridine rings is 1. The third-order valence-electron chi connectivity index (χ3n) is 4.11. The molecule has 0 bridgehead atoms. The molecule has 0 atom stereocenters. The fourth-order valence-corrected chi connectivity index (χ4v) is 2.90. The Kier molecular flexibility index (Phi) is 9.54. The summed E-state index contributed by atoms with van der Waals surface area (Å²) >= 11 is 5.99. The molecule has 2 aromatic heterocycles. The number of H-pyrrole nitrogens is 1. The van der Waals surface area contributed by atoms with Gasteiger partial charge in [0.1, 0.15) is 12.4 Å². The second-order valence-corrected chi connectivity index (χ2v) is 6.24. The number of benzene rings is 1. The zero-order valence-electron chi connectivity index (χ0n) is 17.8. The first-order valence-corrected chi connectivity index (χ1v) is 10.0. The van der Waals surface area contributed by atoms with Gasteiger partial charge in [0.25, 0.3) is 0 Å². The van der Waals surface area contributed by atoms with Crippen molar-refractivity contribution in [3.8, 4) is 5.75 Å². The molecule has 0 aliphatic rings. The molecule has 1 N–H and O–H groups in total. The molecule has 0 saturated heterocycles. The molecule has 3 rings (SSSR count). The largest absolute Gasteiger partial charge is 0.489 e. The molecule has 0 saturated carbocycles. The smallest absolute Gasteiger partial charge is 0.124 e. The molecular weight excluding hydrogens is 368 g/mol. The lowest BCUT2D eigenvalue weighted by atomic mass is 10.1. The van der Waals surface area contributed by atoms with Crippen molar-refractivity contribution < 1.29 is 4.74 Å². The van der Waals surface area contributed by atoms with Crippen LogP contribution in [0.3, 0.4) is 0 Å². The highest BCUT2D eigenvalue weighted by atomic mass is 35.5. The van der Waals surface area contributed by atoms with Crippen LogP contribution in [0, 0.1) is 13.8 Å². The summed E-state index contributed by atoms with van der Waals surface area (Å²) in [5, 5.41) is 1.63. The Morgan fingerprint density at radius 1 is 1.18 bits per heavy atom. The average Bonchev–Trinajstić information content (AvgIpc) is 3.09. The van der Waals surface area contributed by atoms with E-state index < -0.39 is 0 Å². The molecule has 0 radical (unpaired) electrons. The Morgan fingerprint density at radius 2 is 1.86 bits per heavy atom. The van der Waals surface area contributed by atoms with Crippen molar-refractivity contribution in [3.63, 3.8) is 0 Å². The fourth-order valence-electron chi connectivity index (χ4n) is 2.73. The van der Waals surface area contributed by atoms with Gasteiger partial charge in [-0.2, -0.15) is 0 Å². The van der Waals surface area contributed by atoms with Gasteiger partial charge in [0.2, 0.25) is 0 Å². The molecule has 4 heteroatoms. The molecule has 0 spiro atoms. The highest BCUT2D eigenvalue weighted by Gasteiger charge is 2.10. The van der Waals surface area contributed by atoms with Crippen LogP contribution < -0.4 is 4.74 Å². The highest BCUT2D eigenvalue weighted by Crippen LogP contribution is 2.28. The topological polar surface area (TPSA) is 37.9 Å². The Hall–Kier alpha value is -2.52. The van der Waals surface area contributed by atoms with Gasteiger partial charge in [-0.1, -0.05) is 52.5 Å². The number of aryl methyl sites for hydroxylation is 1. The van der Waals surface area contributed by atoms with Gasteiger partial charge in [0.05, 0.1) is 10.5 Å². The summed E-state index contributed by atoms with van der Waals surface area (Å²) in [6.07, 6.45) is 5.38. The van der Waals surface area contributed by atoms with Crippen LogP contribution in [0.15, 0.2) is 43.8 Å².